The molecule has 0 spiro atoms. The number of carbonyl (C=O) groups is 2. The number of hydrogen-bond donors (Lipinski definition) is 2. The van der Waals surface area contributed by atoms with Crippen LogP contribution in [0.4, 0.5) is 5.69 Å². The third kappa shape index (κ3) is 5.24. The van der Waals surface area contributed by atoms with Crippen molar-refractivity contribution in [1.29, 1.82) is 0 Å². The van der Waals surface area contributed by atoms with Crippen LogP contribution in [0.3, 0.4) is 0 Å². The minimum Gasteiger partial charge on any atom is -0.497 e. The van der Waals surface area contributed by atoms with Gasteiger partial charge in [-0.3, -0.25) is 14.5 Å². The molecule has 0 aliphatic carbocycles. The average Bonchev–Trinajstić information content (AvgIpc) is 3.20. The summed E-state index contributed by atoms with van der Waals surface area (Å²) in [7, 11) is -0.340. The number of methoxy groups -OCH3 is 1. The monoisotopic (exact) mass is 487 g/mol. The number of anilines is 1. The van der Waals surface area contributed by atoms with Crippen LogP contribution in [0.15, 0.2) is 47.4 Å². The Bertz CT molecular complexity index is 1200. The molecule has 2 amide bonds. The number of amides is 2. The first-order chi connectivity index (χ1) is 16.2. The number of rotatable bonds is 7. The second-order valence-electron chi connectivity index (χ2n) is 8.81. The summed E-state index contributed by atoms with van der Waals surface area (Å²) in [5.74, 6) is -0.623. The minimum absolute atomic E-state index is 0.0444. The average molecular weight is 488 g/mol. The zero-order chi connectivity index (χ0) is 24.5. The Labute approximate surface area is 199 Å². The van der Waals surface area contributed by atoms with Crippen molar-refractivity contribution in [2.24, 2.45) is 0 Å². The van der Waals surface area contributed by atoms with Crippen LogP contribution >= 0.6 is 0 Å². The third-order valence-electron chi connectivity index (χ3n) is 6.35. The number of sulfone groups is 1. The zero-order valence-electron chi connectivity index (χ0n) is 19.2. The van der Waals surface area contributed by atoms with E-state index >= 15 is 0 Å². The molecule has 2 aliphatic heterocycles. The Kier molecular flexibility index (Phi) is 6.92. The molecule has 182 valence electrons. The number of ether oxygens (including phenoxy) is 1. The van der Waals surface area contributed by atoms with Crippen LogP contribution in [-0.4, -0.2) is 80.8 Å². The lowest BCUT2D eigenvalue weighted by atomic mass is 10.0. The summed E-state index contributed by atoms with van der Waals surface area (Å²) >= 11 is 0. The second kappa shape index (κ2) is 9.73. The van der Waals surface area contributed by atoms with Crippen molar-refractivity contribution in [1.82, 2.24) is 9.80 Å². The molecule has 9 nitrogen and oxygen atoms in total. The first-order valence-corrected chi connectivity index (χ1v) is 12.8. The van der Waals surface area contributed by atoms with Gasteiger partial charge in [-0.05, 0) is 41.8 Å². The van der Waals surface area contributed by atoms with E-state index in [0.29, 0.717) is 30.8 Å². The van der Waals surface area contributed by atoms with Gasteiger partial charge in [0.1, 0.15) is 11.5 Å². The molecule has 1 unspecified atom stereocenters. The number of nitrogens with one attached hydrogen (secondary N) is 1. The van der Waals surface area contributed by atoms with Gasteiger partial charge in [-0.1, -0.05) is 18.2 Å². The van der Waals surface area contributed by atoms with Crippen molar-refractivity contribution in [2.75, 3.05) is 44.9 Å². The molecule has 2 N–H and O–H groups in total. The van der Waals surface area contributed by atoms with Crippen LogP contribution in [0.2, 0.25) is 0 Å². The molecule has 0 aromatic heterocycles. The lowest BCUT2D eigenvalue weighted by molar-refractivity contribution is -0.131. The molecule has 0 radical (unpaired) electrons. The predicted molar refractivity (Wildman–Crippen MR) is 126 cm³/mol. The van der Waals surface area contributed by atoms with E-state index in [1.54, 1.807) is 31.2 Å². The lowest BCUT2D eigenvalue weighted by Crippen LogP contribution is -2.39. The molecule has 2 heterocycles. The molecule has 0 saturated carbocycles. The maximum absolute atomic E-state index is 13.3. The van der Waals surface area contributed by atoms with Crippen LogP contribution in [0.1, 0.15) is 23.6 Å². The Morgan fingerprint density at radius 2 is 2.09 bits per heavy atom. The Hall–Kier alpha value is -2.95. The van der Waals surface area contributed by atoms with Gasteiger partial charge >= 0.3 is 0 Å². The number of aliphatic hydroxyl groups is 1. The van der Waals surface area contributed by atoms with Crippen LogP contribution in [-0.2, 0) is 25.8 Å². The van der Waals surface area contributed by atoms with Crippen molar-refractivity contribution >= 4 is 27.3 Å². The van der Waals surface area contributed by atoms with E-state index in [0.717, 1.165) is 12.1 Å². The number of likely N-dealkylation sites (N-methyl/N-ethyl adjacent to an activating group) is 1. The number of aliphatic hydroxyl groups excluding tert-OH is 1. The number of benzene rings is 2. The van der Waals surface area contributed by atoms with E-state index in [1.807, 2.05) is 24.3 Å². The largest absolute Gasteiger partial charge is 0.497 e. The molecule has 4 rings (SSSR count). The van der Waals surface area contributed by atoms with Gasteiger partial charge < -0.3 is 20.1 Å². The molecule has 0 bridgehead atoms. The molecule has 2 atom stereocenters. The Morgan fingerprint density at radius 3 is 2.79 bits per heavy atom. The number of carbonyl (C=O) groups excluding carboxylic acids is 2. The van der Waals surface area contributed by atoms with Crippen LogP contribution in [0.25, 0.3) is 0 Å². The molecule has 1 fully saturated rings. The number of hydrogen-bond acceptors (Lipinski definition) is 7. The highest BCUT2D eigenvalue weighted by molar-refractivity contribution is 7.92. The summed E-state index contributed by atoms with van der Waals surface area (Å²) in [6, 6.07) is 11.9. The zero-order valence-corrected chi connectivity index (χ0v) is 20.0. The topological polar surface area (TPSA) is 116 Å². The molecule has 34 heavy (non-hydrogen) atoms. The summed E-state index contributed by atoms with van der Waals surface area (Å²) in [6.45, 7) is 1.87. The molecule has 2 aliphatic rings. The molecule has 10 heteroatoms. The maximum atomic E-state index is 13.3. The molecular weight excluding hydrogens is 458 g/mol. The fourth-order valence-corrected chi connectivity index (χ4v) is 5.78. The van der Waals surface area contributed by atoms with E-state index in [-0.39, 0.29) is 35.1 Å². The van der Waals surface area contributed by atoms with Gasteiger partial charge in [0.15, 0.2) is 9.84 Å². The van der Waals surface area contributed by atoms with Gasteiger partial charge in [0, 0.05) is 26.7 Å². The van der Waals surface area contributed by atoms with Crippen molar-refractivity contribution in [2.45, 2.75) is 29.9 Å². The predicted octanol–water partition coefficient (Wildman–Crippen LogP) is 1.23. The van der Waals surface area contributed by atoms with Crippen molar-refractivity contribution in [3.8, 4) is 5.75 Å². The molecule has 2 aromatic rings. The van der Waals surface area contributed by atoms with Crippen molar-refractivity contribution in [3.05, 3.63) is 53.6 Å². The van der Waals surface area contributed by atoms with Crippen LogP contribution in [0, 0.1) is 0 Å². The summed E-state index contributed by atoms with van der Waals surface area (Å²) < 4.78 is 29.9. The first kappa shape index (κ1) is 24.2. The van der Waals surface area contributed by atoms with E-state index < -0.39 is 21.5 Å². The van der Waals surface area contributed by atoms with Crippen LogP contribution in [0.5, 0.6) is 5.75 Å². The molecular formula is C24H29N3O6S. The summed E-state index contributed by atoms with van der Waals surface area (Å²) in [4.78, 5) is 29.0. The van der Waals surface area contributed by atoms with Crippen molar-refractivity contribution < 1.29 is 27.9 Å². The highest BCUT2D eigenvalue weighted by atomic mass is 32.2. The minimum atomic E-state index is -3.67. The number of nitrogens with zero attached hydrogens (tertiary/aromatic N) is 2. The second-order valence-corrected chi connectivity index (χ2v) is 10.8. The molecule has 1 saturated heterocycles. The van der Waals surface area contributed by atoms with E-state index in [9.17, 15) is 23.1 Å². The highest BCUT2D eigenvalue weighted by Gasteiger charge is 2.30. The summed E-state index contributed by atoms with van der Waals surface area (Å²) in [6.07, 6.45) is 0.378. The van der Waals surface area contributed by atoms with Gasteiger partial charge in [0.2, 0.25) is 11.8 Å². The number of likely N-dealkylation sites (tertiary alicyclic amines) is 1. The third-order valence-corrected chi connectivity index (χ3v) is 8.02. The first-order valence-electron chi connectivity index (χ1n) is 11.1. The lowest BCUT2D eigenvalue weighted by Gasteiger charge is -2.32. The normalized spacial score (nSPS) is 20.3. The quantitative estimate of drug-likeness (QED) is 0.603. The smallest absolute Gasteiger partial charge is 0.239 e. The maximum Gasteiger partial charge on any atom is 0.239 e. The summed E-state index contributed by atoms with van der Waals surface area (Å²) in [5, 5.41) is 12.5. The fourth-order valence-electron chi connectivity index (χ4n) is 4.49. The fraction of sp³-hybridized carbons (Fsp3) is 0.417. The van der Waals surface area contributed by atoms with Gasteiger partial charge in [-0.2, -0.15) is 0 Å². The SMILES string of the molecule is COc1cccc(C(CN2CC[C@H](O)C2)N(C)C(=O)Cc2ccc3c(c2)NC(=O)CS3(=O)=O)c1. The van der Waals surface area contributed by atoms with E-state index in [2.05, 4.69) is 10.2 Å². The highest BCUT2D eigenvalue weighted by Crippen LogP contribution is 2.29. The van der Waals surface area contributed by atoms with E-state index in [1.165, 1.54) is 6.07 Å². The standard InChI is InChI=1S/C24H29N3O6S/c1-26(21(14-27-9-8-18(28)13-27)17-4-3-5-19(12-17)33-2)24(30)11-16-6-7-22-20(10-16)25-23(29)15-34(22,31)32/h3-7,10,12,18,21,28H,8-9,11,13-15H2,1-2H3,(H,25,29)/t18-,21?/m0/s1. The van der Waals surface area contributed by atoms with Crippen LogP contribution < -0.4 is 10.1 Å². The van der Waals surface area contributed by atoms with E-state index in [4.69, 9.17) is 4.74 Å². The van der Waals surface area contributed by atoms with Gasteiger partial charge in [-0.25, -0.2) is 8.42 Å². The van der Waals surface area contributed by atoms with Crippen molar-refractivity contribution in [3.63, 3.8) is 0 Å². The molecule has 2 aromatic carbocycles. The summed E-state index contributed by atoms with van der Waals surface area (Å²) in [5.41, 5.74) is 1.73. The Morgan fingerprint density at radius 1 is 1.29 bits per heavy atom. The number of fused-ring (bicyclic) bond motifs is 1. The van der Waals surface area contributed by atoms with Gasteiger partial charge in [0.25, 0.3) is 0 Å². The number of β-amino-alcohol motifs (C(OH)–C–C–N with tert-alkyl or cyclic N) is 1. The van der Waals surface area contributed by atoms with Gasteiger partial charge in [-0.15, -0.1) is 0 Å². The Balaban J connectivity index is 1.56. The van der Waals surface area contributed by atoms with Gasteiger partial charge in [0.05, 0.1) is 36.3 Å².